The Kier molecular flexibility index (Phi) is 11.6. The Morgan fingerprint density at radius 2 is 1.55 bits per heavy atom. The molecule has 4 aromatic carbocycles. The number of anilines is 1. The Balaban J connectivity index is 0.720. The smallest absolute Gasteiger partial charge is 0.416 e. The van der Waals surface area contributed by atoms with Gasteiger partial charge in [0.1, 0.15) is 29.9 Å². The number of phenols is 1. The van der Waals surface area contributed by atoms with Crippen LogP contribution in [0.3, 0.4) is 0 Å². The molecule has 0 spiro atoms. The molecule has 16 heteroatoms. The van der Waals surface area contributed by atoms with Gasteiger partial charge in [0.15, 0.2) is 11.6 Å². The predicted octanol–water partition coefficient (Wildman–Crippen LogP) is 7.90. The largest absolute Gasteiger partial charge is 0.508 e. The number of phenolic OH excluding ortho intramolecular Hbond substituents is 1. The van der Waals surface area contributed by atoms with Gasteiger partial charge in [-0.05, 0) is 111 Å². The summed E-state index contributed by atoms with van der Waals surface area (Å²) in [6, 6.07) is 19.7. The van der Waals surface area contributed by atoms with E-state index in [-0.39, 0.29) is 42.5 Å². The number of alkyl halides is 3. The Bertz CT molecular complexity index is 2480. The number of aromatic hydroxyl groups is 1. The van der Waals surface area contributed by atoms with E-state index in [9.17, 15) is 32.7 Å². The summed E-state index contributed by atoms with van der Waals surface area (Å²) in [5.74, 6) is 0.709. The van der Waals surface area contributed by atoms with Gasteiger partial charge in [-0.25, -0.2) is 4.39 Å². The lowest BCUT2D eigenvalue weighted by atomic mass is 9.96. The van der Waals surface area contributed by atoms with Gasteiger partial charge in [0, 0.05) is 66.9 Å². The molecule has 0 saturated carbocycles. The van der Waals surface area contributed by atoms with Crippen molar-refractivity contribution in [2.45, 2.75) is 44.4 Å². The zero-order valence-corrected chi connectivity index (χ0v) is 34.6. The van der Waals surface area contributed by atoms with Crippen LogP contribution in [0.15, 0.2) is 78.9 Å². The average molecular weight is 872 g/mol. The second-order valence-corrected chi connectivity index (χ2v) is 17.4. The number of amides is 3. The van der Waals surface area contributed by atoms with E-state index in [0.29, 0.717) is 64.6 Å². The van der Waals surface area contributed by atoms with Crippen molar-refractivity contribution in [2.75, 3.05) is 63.9 Å². The third-order valence-electron chi connectivity index (χ3n) is 12.4. The van der Waals surface area contributed by atoms with Crippen LogP contribution in [0.4, 0.5) is 23.2 Å². The molecule has 1 unspecified atom stereocenters. The van der Waals surface area contributed by atoms with Crippen molar-refractivity contribution in [3.05, 3.63) is 101 Å². The summed E-state index contributed by atoms with van der Waals surface area (Å²) in [7, 11) is 0. The summed E-state index contributed by atoms with van der Waals surface area (Å²) < 4.78 is 68.8. The predicted molar refractivity (Wildman–Crippen MR) is 226 cm³/mol. The van der Waals surface area contributed by atoms with Crippen LogP contribution in [0.1, 0.15) is 47.2 Å². The summed E-state index contributed by atoms with van der Waals surface area (Å²) in [5.41, 5.74) is 0.906. The molecular weight excluding hydrogens is 827 g/mol. The van der Waals surface area contributed by atoms with Gasteiger partial charge in [0.05, 0.1) is 22.7 Å². The first-order valence-corrected chi connectivity index (χ1v) is 21.7. The minimum Gasteiger partial charge on any atom is -0.508 e. The molecular formula is C46H45F4N5O6S. The third-order valence-corrected chi connectivity index (χ3v) is 13.6. The van der Waals surface area contributed by atoms with Crippen molar-refractivity contribution < 1.29 is 46.5 Å². The molecule has 9 rings (SSSR count). The first kappa shape index (κ1) is 41.6. The number of rotatable bonds is 11. The summed E-state index contributed by atoms with van der Waals surface area (Å²) in [6.07, 6.45) is -1.91. The number of halogens is 4. The average Bonchev–Trinajstić information content (AvgIpc) is 3.79. The third kappa shape index (κ3) is 8.68. The number of fused-ring (bicyclic) bond motifs is 2. The molecule has 4 aliphatic heterocycles. The van der Waals surface area contributed by atoms with Crippen molar-refractivity contribution in [3.8, 4) is 33.4 Å². The molecule has 3 fully saturated rings. The molecule has 5 heterocycles. The Morgan fingerprint density at radius 3 is 2.26 bits per heavy atom. The fourth-order valence-electron chi connectivity index (χ4n) is 8.94. The maximum atomic E-state index is 15.9. The normalized spacial score (nSPS) is 19.3. The molecule has 4 aliphatic rings. The Labute approximate surface area is 359 Å². The van der Waals surface area contributed by atoms with Crippen molar-refractivity contribution in [2.24, 2.45) is 5.92 Å². The molecule has 11 nitrogen and oxygen atoms in total. The number of imide groups is 1. The van der Waals surface area contributed by atoms with Gasteiger partial charge >= 0.3 is 6.18 Å². The molecule has 5 aromatic rings. The molecule has 0 aliphatic carbocycles. The molecule has 2 N–H and O–H groups in total. The van der Waals surface area contributed by atoms with Gasteiger partial charge in [-0.2, -0.15) is 13.2 Å². The van der Waals surface area contributed by atoms with Crippen LogP contribution < -0.4 is 19.7 Å². The van der Waals surface area contributed by atoms with Gasteiger partial charge < -0.3 is 24.4 Å². The van der Waals surface area contributed by atoms with Crippen molar-refractivity contribution in [1.29, 1.82) is 0 Å². The molecule has 3 amide bonds. The van der Waals surface area contributed by atoms with Gasteiger partial charge in [0.2, 0.25) is 11.8 Å². The lowest BCUT2D eigenvalue weighted by Crippen LogP contribution is -2.52. The second kappa shape index (κ2) is 17.2. The summed E-state index contributed by atoms with van der Waals surface area (Å²) in [4.78, 5) is 46.1. The van der Waals surface area contributed by atoms with Crippen molar-refractivity contribution in [1.82, 2.24) is 20.0 Å². The van der Waals surface area contributed by atoms with E-state index in [1.54, 1.807) is 42.5 Å². The monoisotopic (exact) mass is 871 g/mol. The SMILES string of the molecule is O=C1CCC(N2Cc3c(ccc(N4CCN(CC5CCN(CCOc6ccc(Oc7c(-c8ccc(C(F)(F)F)cc8)sc8cc(O)ccc78)cc6)CC5)CC4)c3F)C2=O)C(=O)N1. The highest BCUT2D eigenvalue weighted by molar-refractivity contribution is 7.22. The van der Waals surface area contributed by atoms with Crippen LogP contribution in [0.5, 0.6) is 23.0 Å². The minimum absolute atomic E-state index is 0.0118. The summed E-state index contributed by atoms with van der Waals surface area (Å²) in [6.45, 7) is 7.22. The lowest BCUT2D eigenvalue weighted by molar-refractivity contribution is -0.138. The fourth-order valence-corrected chi connectivity index (χ4v) is 10.1. The van der Waals surface area contributed by atoms with Crippen LogP contribution in [0.2, 0.25) is 0 Å². The van der Waals surface area contributed by atoms with Crippen molar-refractivity contribution in [3.63, 3.8) is 0 Å². The van der Waals surface area contributed by atoms with Gasteiger partial charge in [0.25, 0.3) is 5.91 Å². The number of ether oxygens (including phenoxy) is 2. The van der Waals surface area contributed by atoms with E-state index in [4.69, 9.17) is 9.47 Å². The number of nitrogens with one attached hydrogen (secondary N) is 1. The Hall–Kier alpha value is -5.71. The van der Waals surface area contributed by atoms with Crippen LogP contribution in [-0.4, -0.2) is 103 Å². The van der Waals surface area contributed by atoms with Gasteiger partial charge in [-0.3, -0.25) is 29.5 Å². The Morgan fingerprint density at radius 1 is 0.823 bits per heavy atom. The standard InChI is InChI=1S/C46H45F4N5O6S/c47-41-36-27-55(38-13-14-40(57)51-44(38)58)45(59)34(36)11-12-37(41)54-21-19-53(20-22-54)26-28-15-17-52(18-16-28)23-24-60-32-6-8-33(9-7-32)61-42-35-10-5-31(56)25-39(35)62-43(42)29-1-3-30(4-2-29)46(48,49)50/h1-12,25,28,38,56H,13-24,26-27H2,(H,51,57,58). The molecule has 3 saturated heterocycles. The van der Waals surface area contributed by atoms with Crippen LogP contribution in [0, 0.1) is 11.7 Å². The van der Waals surface area contributed by atoms with E-state index >= 15 is 4.39 Å². The highest BCUT2D eigenvalue weighted by Crippen LogP contribution is 2.48. The quantitative estimate of drug-likeness (QED) is 0.101. The zero-order valence-electron chi connectivity index (χ0n) is 33.8. The number of likely N-dealkylation sites (tertiary alicyclic amines) is 1. The van der Waals surface area contributed by atoms with E-state index in [0.717, 1.165) is 74.3 Å². The highest BCUT2D eigenvalue weighted by atomic mass is 32.1. The second-order valence-electron chi connectivity index (χ2n) is 16.3. The molecule has 1 aromatic heterocycles. The molecule has 62 heavy (non-hydrogen) atoms. The van der Waals surface area contributed by atoms with Crippen LogP contribution in [-0.2, 0) is 22.3 Å². The maximum absolute atomic E-state index is 15.9. The number of piperazine rings is 1. The van der Waals surface area contributed by atoms with Crippen LogP contribution >= 0.6 is 11.3 Å². The fraction of sp³-hybridized carbons (Fsp3) is 0.370. The topological polar surface area (TPSA) is 115 Å². The first-order valence-electron chi connectivity index (χ1n) is 20.9. The highest BCUT2D eigenvalue weighted by Gasteiger charge is 2.41. The number of hydrogen-bond donors (Lipinski definition) is 2. The molecule has 0 radical (unpaired) electrons. The number of benzene rings is 4. The van der Waals surface area contributed by atoms with Crippen LogP contribution in [0.25, 0.3) is 20.5 Å². The number of carbonyl (C=O) groups is 3. The summed E-state index contributed by atoms with van der Waals surface area (Å²) >= 11 is 1.33. The minimum atomic E-state index is -4.44. The molecule has 0 bridgehead atoms. The summed E-state index contributed by atoms with van der Waals surface area (Å²) in [5, 5.41) is 13.1. The van der Waals surface area contributed by atoms with E-state index in [1.807, 2.05) is 17.0 Å². The zero-order chi connectivity index (χ0) is 43.1. The van der Waals surface area contributed by atoms with E-state index in [2.05, 4.69) is 15.1 Å². The number of nitrogens with zero attached hydrogens (tertiary/aromatic N) is 4. The van der Waals surface area contributed by atoms with Gasteiger partial charge in [-0.1, -0.05) is 12.1 Å². The maximum Gasteiger partial charge on any atom is 0.416 e. The van der Waals surface area contributed by atoms with Gasteiger partial charge in [-0.15, -0.1) is 11.3 Å². The molecule has 324 valence electrons. The number of thiophene rings is 1. The number of carbonyl (C=O) groups excluding carboxylic acids is 3. The van der Waals surface area contributed by atoms with E-state index < -0.39 is 29.5 Å². The number of hydrogen-bond acceptors (Lipinski definition) is 10. The molecule has 1 atom stereocenters. The van der Waals surface area contributed by atoms with Crippen molar-refractivity contribution >= 4 is 44.8 Å². The first-order chi connectivity index (χ1) is 29.9. The van der Waals surface area contributed by atoms with E-state index in [1.165, 1.54) is 28.4 Å². The number of piperidine rings is 2. The lowest BCUT2D eigenvalue weighted by Gasteiger charge is -2.39.